The summed E-state index contributed by atoms with van der Waals surface area (Å²) < 4.78 is 1.98. The molecule has 0 bridgehead atoms. The van der Waals surface area contributed by atoms with E-state index in [9.17, 15) is 5.11 Å². The van der Waals surface area contributed by atoms with E-state index in [2.05, 4.69) is 36.9 Å². The molecule has 2 heterocycles. The van der Waals surface area contributed by atoms with Gasteiger partial charge in [0.05, 0.1) is 11.8 Å². The highest BCUT2D eigenvalue weighted by Gasteiger charge is 2.15. The van der Waals surface area contributed by atoms with E-state index >= 15 is 0 Å². The predicted octanol–water partition coefficient (Wildman–Crippen LogP) is 2.70. The molecular formula is C16H23N3O. The Labute approximate surface area is 120 Å². The van der Waals surface area contributed by atoms with Gasteiger partial charge in [0.2, 0.25) is 0 Å². The number of aryl methyl sites for hydroxylation is 3. The van der Waals surface area contributed by atoms with Crippen molar-refractivity contribution in [2.24, 2.45) is 0 Å². The molecule has 2 rings (SSSR count). The summed E-state index contributed by atoms with van der Waals surface area (Å²) in [6, 6.07) is 4.01. The van der Waals surface area contributed by atoms with Gasteiger partial charge in [-0.1, -0.05) is 13.8 Å². The van der Waals surface area contributed by atoms with Gasteiger partial charge in [0.15, 0.2) is 0 Å². The van der Waals surface area contributed by atoms with Gasteiger partial charge in [0.1, 0.15) is 0 Å². The van der Waals surface area contributed by atoms with E-state index in [-0.39, 0.29) is 0 Å². The van der Waals surface area contributed by atoms with Gasteiger partial charge in [-0.15, -0.1) is 0 Å². The van der Waals surface area contributed by atoms with Crippen LogP contribution < -0.4 is 0 Å². The van der Waals surface area contributed by atoms with E-state index < -0.39 is 6.10 Å². The van der Waals surface area contributed by atoms with Gasteiger partial charge in [0, 0.05) is 31.1 Å². The molecule has 2 aromatic heterocycles. The number of aliphatic hydroxyl groups excluding tert-OH is 1. The molecule has 4 heteroatoms. The second kappa shape index (κ2) is 6.66. The molecule has 1 N–H and O–H groups in total. The number of hydrogen-bond acceptors (Lipinski definition) is 3. The minimum absolute atomic E-state index is 0.500. The van der Waals surface area contributed by atoms with E-state index in [0.29, 0.717) is 6.42 Å². The molecule has 0 spiro atoms. The number of hydrogen-bond donors (Lipinski definition) is 1. The molecule has 0 amide bonds. The molecule has 2 aromatic rings. The molecule has 0 aliphatic heterocycles. The van der Waals surface area contributed by atoms with Gasteiger partial charge in [-0.2, -0.15) is 5.10 Å². The monoisotopic (exact) mass is 273 g/mol. The van der Waals surface area contributed by atoms with Crippen LogP contribution in [0.3, 0.4) is 0 Å². The van der Waals surface area contributed by atoms with Gasteiger partial charge in [0.25, 0.3) is 0 Å². The summed E-state index contributed by atoms with van der Waals surface area (Å²) in [5.41, 5.74) is 4.26. The Hall–Kier alpha value is -1.68. The van der Waals surface area contributed by atoms with Crippen LogP contribution in [0.1, 0.15) is 49.4 Å². The lowest BCUT2D eigenvalue weighted by molar-refractivity contribution is 0.174. The number of nitrogens with zero attached hydrogens (tertiary/aromatic N) is 3. The Balaban J connectivity index is 2.22. The molecule has 20 heavy (non-hydrogen) atoms. The predicted molar refractivity (Wildman–Crippen MR) is 79.6 cm³/mol. The van der Waals surface area contributed by atoms with E-state index in [1.807, 2.05) is 16.9 Å². The minimum atomic E-state index is -0.500. The summed E-state index contributed by atoms with van der Waals surface area (Å²) >= 11 is 0. The maximum Gasteiger partial charge on any atom is 0.0849 e. The molecule has 0 fully saturated rings. The van der Waals surface area contributed by atoms with E-state index in [4.69, 9.17) is 0 Å². The zero-order chi connectivity index (χ0) is 14.5. The molecule has 0 saturated heterocycles. The van der Waals surface area contributed by atoms with Crippen molar-refractivity contribution in [3.05, 3.63) is 47.0 Å². The number of aliphatic hydroxyl groups is 1. The van der Waals surface area contributed by atoms with Crippen LogP contribution in [0.2, 0.25) is 0 Å². The summed E-state index contributed by atoms with van der Waals surface area (Å²) in [6.45, 7) is 7.09. The van der Waals surface area contributed by atoms with Gasteiger partial charge in [-0.05, 0) is 43.0 Å². The summed E-state index contributed by atoms with van der Waals surface area (Å²) in [6.07, 6.45) is 5.48. The quantitative estimate of drug-likeness (QED) is 0.880. The largest absolute Gasteiger partial charge is 0.388 e. The minimum Gasteiger partial charge on any atom is -0.388 e. The Morgan fingerprint density at radius 1 is 1.25 bits per heavy atom. The van der Waals surface area contributed by atoms with Crippen LogP contribution in [0.5, 0.6) is 0 Å². The number of aromatic nitrogens is 3. The molecule has 1 atom stereocenters. The molecule has 1 unspecified atom stereocenters. The van der Waals surface area contributed by atoms with Crippen LogP contribution in [0.15, 0.2) is 24.5 Å². The zero-order valence-electron chi connectivity index (χ0n) is 12.5. The molecule has 0 aliphatic rings. The van der Waals surface area contributed by atoms with Gasteiger partial charge >= 0.3 is 0 Å². The molecular weight excluding hydrogens is 250 g/mol. The molecule has 0 aromatic carbocycles. The first-order valence-electron chi connectivity index (χ1n) is 7.35. The average Bonchev–Trinajstić information content (AvgIpc) is 2.89. The summed E-state index contributed by atoms with van der Waals surface area (Å²) in [5, 5.41) is 15.0. The van der Waals surface area contributed by atoms with E-state index in [1.165, 1.54) is 0 Å². The highest BCUT2D eigenvalue weighted by molar-refractivity contribution is 5.27. The molecule has 108 valence electrons. The highest BCUT2D eigenvalue weighted by Crippen LogP contribution is 2.22. The van der Waals surface area contributed by atoms with Crippen molar-refractivity contribution in [3.8, 4) is 0 Å². The second-order valence-electron chi connectivity index (χ2n) is 4.94. The van der Waals surface area contributed by atoms with Crippen LogP contribution >= 0.6 is 0 Å². The van der Waals surface area contributed by atoms with Crippen LogP contribution in [-0.4, -0.2) is 19.9 Å². The topological polar surface area (TPSA) is 50.9 Å². The maximum atomic E-state index is 10.5. The normalized spacial score (nSPS) is 12.6. The summed E-state index contributed by atoms with van der Waals surface area (Å²) in [7, 11) is 0. The first-order valence-corrected chi connectivity index (χ1v) is 7.35. The van der Waals surface area contributed by atoms with Gasteiger partial charge in [-0.25, -0.2) is 0 Å². The third-order valence-corrected chi connectivity index (χ3v) is 3.66. The Kier molecular flexibility index (Phi) is 4.90. The number of rotatable bonds is 6. The van der Waals surface area contributed by atoms with Crippen LogP contribution in [0.25, 0.3) is 0 Å². The van der Waals surface area contributed by atoms with Gasteiger partial charge < -0.3 is 5.11 Å². The van der Waals surface area contributed by atoms with Crippen molar-refractivity contribution < 1.29 is 5.11 Å². The zero-order valence-corrected chi connectivity index (χ0v) is 12.5. The van der Waals surface area contributed by atoms with Gasteiger partial charge in [-0.3, -0.25) is 9.67 Å². The Morgan fingerprint density at radius 2 is 2.05 bits per heavy atom. The maximum absolute atomic E-state index is 10.5. The smallest absolute Gasteiger partial charge is 0.0849 e. The fraction of sp³-hybridized carbons (Fsp3) is 0.500. The lowest BCUT2D eigenvalue weighted by atomic mass is 9.99. The summed E-state index contributed by atoms with van der Waals surface area (Å²) in [4.78, 5) is 4.13. The fourth-order valence-electron chi connectivity index (χ4n) is 2.49. The van der Waals surface area contributed by atoms with Crippen molar-refractivity contribution in [2.45, 2.75) is 52.7 Å². The second-order valence-corrected chi connectivity index (χ2v) is 4.94. The molecule has 4 nitrogen and oxygen atoms in total. The van der Waals surface area contributed by atoms with Crippen molar-refractivity contribution in [2.75, 3.05) is 0 Å². The SMILES string of the molecule is CCc1cc(CC(O)c2ccncc2CC)n(CC)n1. The van der Waals surface area contributed by atoms with Crippen LogP contribution in [0, 0.1) is 0 Å². The molecule has 0 radical (unpaired) electrons. The first-order chi connectivity index (χ1) is 9.69. The van der Waals surface area contributed by atoms with Crippen molar-refractivity contribution in [1.82, 2.24) is 14.8 Å². The van der Waals surface area contributed by atoms with Crippen molar-refractivity contribution >= 4 is 0 Å². The van der Waals surface area contributed by atoms with E-state index in [1.54, 1.807) is 6.20 Å². The molecule has 0 saturated carbocycles. The average molecular weight is 273 g/mol. The van der Waals surface area contributed by atoms with Crippen molar-refractivity contribution in [1.29, 1.82) is 0 Å². The molecule has 0 aliphatic carbocycles. The van der Waals surface area contributed by atoms with E-state index in [0.717, 1.165) is 41.9 Å². The number of pyridine rings is 1. The Morgan fingerprint density at radius 3 is 2.70 bits per heavy atom. The third kappa shape index (κ3) is 3.07. The standard InChI is InChI=1S/C16H23N3O/c1-4-12-11-17-8-7-15(12)16(20)10-14-9-13(5-2)18-19(14)6-3/h7-9,11,16,20H,4-6,10H2,1-3H3. The summed E-state index contributed by atoms with van der Waals surface area (Å²) in [5.74, 6) is 0. The fourth-order valence-corrected chi connectivity index (χ4v) is 2.49. The lowest BCUT2D eigenvalue weighted by Crippen LogP contribution is -2.10. The Bertz CT molecular complexity index is 563. The van der Waals surface area contributed by atoms with Crippen molar-refractivity contribution in [3.63, 3.8) is 0 Å². The highest BCUT2D eigenvalue weighted by atomic mass is 16.3. The lowest BCUT2D eigenvalue weighted by Gasteiger charge is -2.15. The van der Waals surface area contributed by atoms with Crippen LogP contribution in [0.4, 0.5) is 0 Å². The van der Waals surface area contributed by atoms with Crippen LogP contribution in [-0.2, 0) is 25.8 Å². The third-order valence-electron chi connectivity index (χ3n) is 3.66. The first kappa shape index (κ1) is 14.7.